The molecule has 0 bridgehead atoms. The lowest BCUT2D eigenvalue weighted by molar-refractivity contribution is 0.384. The van der Waals surface area contributed by atoms with E-state index in [1.807, 2.05) is 0 Å². The van der Waals surface area contributed by atoms with Crippen LogP contribution in [0.2, 0.25) is 0 Å². The van der Waals surface area contributed by atoms with Gasteiger partial charge in [0, 0.05) is 6.04 Å². The number of fused-ring (bicyclic) bond motifs is 1. The molecule has 1 nitrogen and oxygen atoms in total. The molecule has 15 heavy (non-hydrogen) atoms. The van der Waals surface area contributed by atoms with Gasteiger partial charge in [-0.05, 0) is 56.4 Å². The predicted molar refractivity (Wildman–Crippen MR) is 63.8 cm³/mol. The van der Waals surface area contributed by atoms with Crippen molar-refractivity contribution >= 4 is 0 Å². The van der Waals surface area contributed by atoms with Crippen molar-refractivity contribution in [3.8, 4) is 0 Å². The molecule has 3 aliphatic rings. The van der Waals surface area contributed by atoms with E-state index in [2.05, 4.69) is 5.32 Å². The average molecular weight is 207 g/mol. The minimum absolute atomic E-state index is 0.865. The monoisotopic (exact) mass is 207 g/mol. The molecular formula is C14H25N. The summed E-state index contributed by atoms with van der Waals surface area (Å²) in [7, 11) is 0. The smallest absolute Gasteiger partial charge is 0.00671 e. The molecule has 0 amide bonds. The van der Waals surface area contributed by atoms with E-state index >= 15 is 0 Å². The van der Waals surface area contributed by atoms with Crippen LogP contribution in [0.15, 0.2) is 0 Å². The Balaban J connectivity index is 1.37. The normalized spacial score (nSPS) is 41.2. The van der Waals surface area contributed by atoms with Crippen molar-refractivity contribution in [3.63, 3.8) is 0 Å². The van der Waals surface area contributed by atoms with E-state index in [1.165, 1.54) is 45.1 Å². The van der Waals surface area contributed by atoms with Crippen LogP contribution in [0.1, 0.15) is 57.8 Å². The predicted octanol–water partition coefficient (Wildman–Crippen LogP) is 3.34. The second-order valence-electron chi connectivity index (χ2n) is 6.19. The van der Waals surface area contributed by atoms with Crippen molar-refractivity contribution in [1.82, 2.24) is 5.32 Å². The summed E-state index contributed by atoms with van der Waals surface area (Å²) < 4.78 is 0. The lowest BCUT2D eigenvalue weighted by atomic mass is 10.0. The van der Waals surface area contributed by atoms with Crippen molar-refractivity contribution in [2.45, 2.75) is 63.8 Å². The quantitative estimate of drug-likeness (QED) is 0.700. The van der Waals surface area contributed by atoms with E-state index in [-0.39, 0.29) is 0 Å². The second kappa shape index (κ2) is 4.45. The Kier molecular flexibility index (Phi) is 3.01. The minimum Gasteiger partial charge on any atom is -0.314 e. The molecule has 1 N–H and O–H groups in total. The lowest BCUT2D eigenvalue weighted by Gasteiger charge is -2.20. The fourth-order valence-electron chi connectivity index (χ4n) is 3.82. The van der Waals surface area contributed by atoms with E-state index in [0.29, 0.717) is 0 Å². The average Bonchev–Trinajstić information content (AvgIpc) is 2.95. The van der Waals surface area contributed by atoms with Crippen molar-refractivity contribution in [1.29, 1.82) is 0 Å². The zero-order valence-electron chi connectivity index (χ0n) is 9.88. The van der Waals surface area contributed by atoms with Gasteiger partial charge in [-0.25, -0.2) is 0 Å². The molecule has 3 saturated carbocycles. The maximum Gasteiger partial charge on any atom is 0.00671 e. The third-order valence-electron chi connectivity index (χ3n) is 4.89. The fourth-order valence-corrected chi connectivity index (χ4v) is 3.82. The zero-order valence-corrected chi connectivity index (χ0v) is 9.88. The summed E-state index contributed by atoms with van der Waals surface area (Å²) in [6, 6.07) is 0.865. The molecule has 0 aromatic rings. The molecule has 3 aliphatic carbocycles. The van der Waals surface area contributed by atoms with Crippen LogP contribution in [0.25, 0.3) is 0 Å². The number of nitrogens with one attached hydrogen (secondary N) is 1. The standard InChI is InChI=1S/C14H25N/c1-2-4-6-14(5-3-1)15-10-11-7-12-9-13(12)8-11/h11-15H,1-10H2. The molecule has 0 aliphatic heterocycles. The van der Waals surface area contributed by atoms with Gasteiger partial charge < -0.3 is 5.32 Å². The van der Waals surface area contributed by atoms with Crippen molar-refractivity contribution in [3.05, 3.63) is 0 Å². The molecule has 2 unspecified atom stereocenters. The van der Waals surface area contributed by atoms with E-state index in [0.717, 1.165) is 23.8 Å². The molecule has 2 atom stereocenters. The van der Waals surface area contributed by atoms with Gasteiger partial charge in [0.1, 0.15) is 0 Å². The second-order valence-corrected chi connectivity index (χ2v) is 6.19. The van der Waals surface area contributed by atoms with E-state index in [4.69, 9.17) is 0 Å². The Morgan fingerprint density at radius 3 is 2.13 bits per heavy atom. The maximum absolute atomic E-state index is 3.84. The van der Waals surface area contributed by atoms with Gasteiger partial charge in [0.15, 0.2) is 0 Å². The maximum atomic E-state index is 3.84. The molecule has 0 radical (unpaired) electrons. The van der Waals surface area contributed by atoms with Gasteiger partial charge >= 0.3 is 0 Å². The van der Waals surface area contributed by atoms with Gasteiger partial charge in [0.05, 0.1) is 0 Å². The highest BCUT2D eigenvalue weighted by atomic mass is 14.9. The summed E-state index contributed by atoms with van der Waals surface area (Å²) in [6.07, 6.45) is 13.4. The molecule has 3 rings (SSSR count). The Morgan fingerprint density at radius 1 is 0.800 bits per heavy atom. The summed E-state index contributed by atoms with van der Waals surface area (Å²) in [5, 5.41) is 3.84. The Labute approximate surface area is 94.0 Å². The van der Waals surface area contributed by atoms with Crippen LogP contribution in [-0.2, 0) is 0 Å². The van der Waals surface area contributed by atoms with Crippen molar-refractivity contribution in [2.75, 3.05) is 6.54 Å². The van der Waals surface area contributed by atoms with Gasteiger partial charge in [-0.3, -0.25) is 0 Å². The zero-order chi connectivity index (χ0) is 10.1. The van der Waals surface area contributed by atoms with Crippen LogP contribution in [0, 0.1) is 17.8 Å². The summed E-state index contributed by atoms with van der Waals surface area (Å²) >= 11 is 0. The fraction of sp³-hybridized carbons (Fsp3) is 1.00. The Hall–Kier alpha value is -0.0400. The van der Waals surface area contributed by atoms with Crippen LogP contribution in [-0.4, -0.2) is 12.6 Å². The molecule has 0 heterocycles. The highest BCUT2D eigenvalue weighted by Crippen LogP contribution is 2.54. The van der Waals surface area contributed by atoms with Gasteiger partial charge in [-0.1, -0.05) is 25.7 Å². The highest BCUT2D eigenvalue weighted by molar-refractivity contribution is 4.96. The summed E-state index contributed by atoms with van der Waals surface area (Å²) in [5.41, 5.74) is 0. The minimum atomic E-state index is 0.865. The summed E-state index contributed by atoms with van der Waals surface area (Å²) in [6.45, 7) is 1.33. The molecule has 0 aromatic heterocycles. The number of hydrogen-bond donors (Lipinski definition) is 1. The molecular weight excluding hydrogens is 182 g/mol. The van der Waals surface area contributed by atoms with E-state index in [9.17, 15) is 0 Å². The highest BCUT2D eigenvalue weighted by Gasteiger charge is 2.45. The van der Waals surface area contributed by atoms with E-state index in [1.54, 1.807) is 19.3 Å². The molecule has 3 fully saturated rings. The molecule has 0 saturated heterocycles. The van der Waals surface area contributed by atoms with E-state index < -0.39 is 0 Å². The lowest BCUT2D eigenvalue weighted by Crippen LogP contribution is -2.32. The van der Waals surface area contributed by atoms with Crippen LogP contribution in [0.4, 0.5) is 0 Å². The first-order chi connectivity index (χ1) is 7.42. The van der Waals surface area contributed by atoms with Crippen LogP contribution < -0.4 is 5.32 Å². The third-order valence-corrected chi connectivity index (χ3v) is 4.89. The largest absolute Gasteiger partial charge is 0.314 e. The summed E-state index contributed by atoms with van der Waals surface area (Å²) in [5.74, 6) is 3.36. The van der Waals surface area contributed by atoms with Crippen LogP contribution in [0.3, 0.4) is 0 Å². The first kappa shape index (κ1) is 10.1. The first-order valence-corrected chi connectivity index (χ1v) is 7.15. The molecule has 0 spiro atoms. The Morgan fingerprint density at radius 2 is 1.47 bits per heavy atom. The SMILES string of the molecule is C1CCCC(NCC2CC3CC3C2)CC1. The van der Waals surface area contributed by atoms with Gasteiger partial charge in [0.2, 0.25) is 0 Å². The van der Waals surface area contributed by atoms with Crippen molar-refractivity contribution < 1.29 is 0 Å². The van der Waals surface area contributed by atoms with Gasteiger partial charge in [-0.15, -0.1) is 0 Å². The van der Waals surface area contributed by atoms with Gasteiger partial charge in [0.25, 0.3) is 0 Å². The molecule has 1 heteroatoms. The first-order valence-electron chi connectivity index (χ1n) is 7.15. The topological polar surface area (TPSA) is 12.0 Å². The molecule has 0 aromatic carbocycles. The van der Waals surface area contributed by atoms with Crippen molar-refractivity contribution in [2.24, 2.45) is 17.8 Å². The number of hydrogen-bond acceptors (Lipinski definition) is 1. The third kappa shape index (κ3) is 2.55. The Bertz CT molecular complexity index is 195. The van der Waals surface area contributed by atoms with Crippen LogP contribution >= 0.6 is 0 Å². The van der Waals surface area contributed by atoms with Gasteiger partial charge in [-0.2, -0.15) is 0 Å². The van der Waals surface area contributed by atoms with Crippen LogP contribution in [0.5, 0.6) is 0 Å². The molecule has 86 valence electrons. The number of rotatable bonds is 3. The summed E-state index contributed by atoms with van der Waals surface area (Å²) in [4.78, 5) is 0.